The first-order chi connectivity index (χ1) is 15.8. The van der Waals surface area contributed by atoms with E-state index in [0.717, 1.165) is 11.3 Å². The largest absolute Gasteiger partial charge is 0.492 e. The second kappa shape index (κ2) is 9.94. The van der Waals surface area contributed by atoms with E-state index in [0.29, 0.717) is 44.9 Å². The third-order valence-corrected chi connectivity index (χ3v) is 6.30. The molecule has 1 N–H and O–H groups in total. The minimum atomic E-state index is -4.10. The molecule has 2 aromatic rings. The van der Waals surface area contributed by atoms with Crippen LogP contribution in [0.5, 0.6) is 5.75 Å². The molecule has 1 unspecified atom stereocenters. The Bertz CT molecular complexity index is 947. The summed E-state index contributed by atoms with van der Waals surface area (Å²) in [6, 6.07) is 5.04. The Kier molecular flexibility index (Phi) is 7.02. The van der Waals surface area contributed by atoms with E-state index >= 15 is 0 Å². The Balaban J connectivity index is 1.33. The van der Waals surface area contributed by atoms with E-state index in [-0.39, 0.29) is 30.6 Å². The van der Waals surface area contributed by atoms with Gasteiger partial charge in [0, 0.05) is 30.9 Å². The molecule has 2 fully saturated rings. The van der Waals surface area contributed by atoms with E-state index in [1.165, 1.54) is 12.3 Å². The maximum absolute atomic E-state index is 12.8. The fraction of sp³-hybridized carbons (Fsp3) is 0.522. The van der Waals surface area contributed by atoms with Gasteiger partial charge in [-0.15, -0.1) is 0 Å². The van der Waals surface area contributed by atoms with Crippen LogP contribution < -0.4 is 9.64 Å². The van der Waals surface area contributed by atoms with Crippen molar-refractivity contribution in [3.63, 3.8) is 0 Å². The number of pyridine rings is 2. The number of aromatic carboxylic acids is 1. The third kappa shape index (κ3) is 5.93. The van der Waals surface area contributed by atoms with Crippen molar-refractivity contribution in [1.29, 1.82) is 0 Å². The highest BCUT2D eigenvalue weighted by molar-refractivity contribution is 5.85. The highest BCUT2D eigenvalue weighted by Crippen LogP contribution is 2.39. The van der Waals surface area contributed by atoms with Gasteiger partial charge in [-0.05, 0) is 37.7 Å². The molecule has 33 heavy (non-hydrogen) atoms. The predicted octanol–water partition coefficient (Wildman–Crippen LogP) is 4.50. The summed E-state index contributed by atoms with van der Waals surface area (Å²) in [5, 5.41) is 9.01. The van der Waals surface area contributed by atoms with Gasteiger partial charge in [-0.25, -0.2) is 9.78 Å². The van der Waals surface area contributed by atoms with Gasteiger partial charge in [0.1, 0.15) is 17.5 Å². The molecule has 1 saturated heterocycles. The second-order valence-corrected chi connectivity index (χ2v) is 8.54. The number of aromatic nitrogens is 2. The Morgan fingerprint density at radius 3 is 2.64 bits per heavy atom. The zero-order chi connectivity index (χ0) is 23.4. The van der Waals surface area contributed by atoms with Crippen LogP contribution in [0.1, 0.15) is 47.8 Å². The summed E-state index contributed by atoms with van der Waals surface area (Å²) in [4.78, 5) is 21.3. The van der Waals surface area contributed by atoms with Gasteiger partial charge in [0.25, 0.3) is 0 Å². The molecule has 0 spiro atoms. The molecule has 1 aliphatic heterocycles. The molecule has 0 bridgehead atoms. The number of hydrogen-bond acceptors (Lipinski definition) is 6. The van der Waals surface area contributed by atoms with Crippen LogP contribution in [0.3, 0.4) is 0 Å². The van der Waals surface area contributed by atoms with E-state index < -0.39 is 18.1 Å². The predicted molar refractivity (Wildman–Crippen MR) is 113 cm³/mol. The van der Waals surface area contributed by atoms with Crippen molar-refractivity contribution < 1.29 is 32.5 Å². The molecule has 2 aromatic heterocycles. The number of nitrogens with zero attached hydrogens (tertiary/aromatic N) is 3. The molecule has 178 valence electrons. The number of ether oxygens (including phenoxy) is 2. The van der Waals surface area contributed by atoms with Crippen LogP contribution in [0.2, 0.25) is 0 Å². The SMILES string of the molecule is O=C(O)c1ccc(C2CN(c3cncc(OCC4CCC(C(F)(F)F)CC4)c3)CCO2)cn1. The lowest BCUT2D eigenvalue weighted by Gasteiger charge is -2.34. The average molecular weight is 465 g/mol. The van der Waals surface area contributed by atoms with Crippen LogP contribution in [0, 0.1) is 11.8 Å². The molecule has 10 heteroatoms. The van der Waals surface area contributed by atoms with Crippen molar-refractivity contribution in [3.05, 3.63) is 48.0 Å². The number of carbonyl (C=O) groups is 1. The first kappa shape index (κ1) is 23.3. The number of anilines is 1. The molecule has 2 aliphatic rings. The van der Waals surface area contributed by atoms with Crippen LogP contribution in [0.25, 0.3) is 0 Å². The smallest absolute Gasteiger partial charge is 0.391 e. The van der Waals surface area contributed by atoms with Crippen molar-refractivity contribution in [2.24, 2.45) is 11.8 Å². The van der Waals surface area contributed by atoms with E-state index in [9.17, 15) is 18.0 Å². The summed E-state index contributed by atoms with van der Waals surface area (Å²) in [6.45, 7) is 2.06. The molecule has 3 heterocycles. The summed E-state index contributed by atoms with van der Waals surface area (Å²) in [5.74, 6) is -1.57. The summed E-state index contributed by atoms with van der Waals surface area (Å²) >= 11 is 0. The third-order valence-electron chi connectivity index (χ3n) is 6.30. The van der Waals surface area contributed by atoms with Gasteiger partial charge in [0.2, 0.25) is 0 Å². The van der Waals surface area contributed by atoms with Crippen molar-refractivity contribution in [2.75, 3.05) is 31.2 Å². The van der Waals surface area contributed by atoms with E-state index in [1.807, 2.05) is 6.07 Å². The molecule has 0 aromatic carbocycles. The molecular formula is C23H26F3N3O4. The minimum absolute atomic E-state index is 0.0210. The molecule has 7 nitrogen and oxygen atoms in total. The Morgan fingerprint density at radius 1 is 1.18 bits per heavy atom. The standard InChI is InChI=1S/C23H26F3N3O4/c24-23(25,26)17-4-1-15(2-5-17)14-33-19-9-18(11-27-12-19)29-7-8-32-21(13-29)16-3-6-20(22(30)31)28-10-16/h3,6,9-12,15,17,21H,1-2,4-5,7-8,13-14H2,(H,30,31). The lowest BCUT2D eigenvalue weighted by atomic mass is 9.82. The zero-order valence-electron chi connectivity index (χ0n) is 18.0. The van der Waals surface area contributed by atoms with E-state index in [1.54, 1.807) is 18.5 Å². The van der Waals surface area contributed by atoms with Gasteiger partial charge in [-0.3, -0.25) is 4.98 Å². The van der Waals surface area contributed by atoms with Gasteiger partial charge in [0.05, 0.1) is 37.2 Å². The Labute approximate surface area is 189 Å². The maximum atomic E-state index is 12.8. The number of halogens is 3. The molecule has 0 radical (unpaired) electrons. The van der Waals surface area contributed by atoms with Crippen LogP contribution in [0.15, 0.2) is 36.8 Å². The fourth-order valence-electron chi connectivity index (χ4n) is 4.34. The molecule has 1 atom stereocenters. The van der Waals surface area contributed by atoms with Crippen molar-refractivity contribution in [1.82, 2.24) is 9.97 Å². The fourth-order valence-corrected chi connectivity index (χ4v) is 4.34. The number of hydrogen-bond donors (Lipinski definition) is 1. The van der Waals surface area contributed by atoms with Crippen molar-refractivity contribution >= 4 is 11.7 Å². The van der Waals surface area contributed by atoms with E-state index in [4.69, 9.17) is 14.6 Å². The quantitative estimate of drug-likeness (QED) is 0.672. The van der Waals surface area contributed by atoms with Crippen LogP contribution >= 0.6 is 0 Å². The summed E-state index contributed by atoms with van der Waals surface area (Å²) in [6.07, 6.45) is 1.83. The topological polar surface area (TPSA) is 84.8 Å². The Hall–Kier alpha value is -2.88. The number of morpholine rings is 1. The number of carboxylic acids is 1. The highest BCUT2D eigenvalue weighted by atomic mass is 19.4. The second-order valence-electron chi connectivity index (χ2n) is 8.54. The monoisotopic (exact) mass is 465 g/mol. The molecular weight excluding hydrogens is 439 g/mol. The minimum Gasteiger partial charge on any atom is -0.492 e. The summed E-state index contributed by atoms with van der Waals surface area (Å²) < 4.78 is 50.3. The average Bonchev–Trinajstić information content (AvgIpc) is 2.83. The van der Waals surface area contributed by atoms with E-state index in [2.05, 4.69) is 14.9 Å². The number of alkyl halides is 3. The summed E-state index contributed by atoms with van der Waals surface area (Å²) in [5.41, 5.74) is 1.63. The summed E-state index contributed by atoms with van der Waals surface area (Å²) in [7, 11) is 0. The van der Waals surface area contributed by atoms with Gasteiger partial charge >= 0.3 is 12.1 Å². The zero-order valence-corrected chi connectivity index (χ0v) is 18.0. The number of rotatable bonds is 6. The van der Waals surface area contributed by atoms with Crippen LogP contribution in [-0.2, 0) is 4.74 Å². The first-order valence-electron chi connectivity index (χ1n) is 11.0. The van der Waals surface area contributed by atoms with Crippen molar-refractivity contribution in [3.8, 4) is 5.75 Å². The normalized spacial score (nSPS) is 23.8. The lowest BCUT2D eigenvalue weighted by Crippen LogP contribution is -2.38. The lowest BCUT2D eigenvalue weighted by molar-refractivity contribution is -0.184. The van der Waals surface area contributed by atoms with Crippen molar-refractivity contribution in [2.45, 2.75) is 38.0 Å². The van der Waals surface area contributed by atoms with Crippen LogP contribution in [-0.4, -0.2) is 53.5 Å². The van der Waals surface area contributed by atoms with Crippen LogP contribution in [0.4, 0.5) is 18.9 Å². The molecule has 1 aliphatic carbocycles. The molecule has 4 rings (SSSR count). The Morgan fingerprint density at radius 2 is 1.97 bits per heavy atom. The maximum Gasteiger partial charge on any atom is 0.391 e. The molecule has 0 amide bonds. The van der Waals surface area contributed by atoms with Gasteiger partial charge in [0.15, 0.2) is 0 Å². The van der Waals surface area contributed by atoms with Gasteiger partial charge < -0.3 is 19.5 Å². The molecule has 1 saturated carbocycles. The van der Waals surface area contributed by atoms with Gasteiger partial charge in [-0.1, -0.05) is 6.07 Å². The van der Waals surface area contributed by atoms with Gasteiger partial charge in [-0.2, -0.15) is 13.2 Å². The first-order valence-corrected chi connectivity index (χ1v) is 11.0. The number of carboxylic acid groups (broad SMARTS) is 1. The highest BCUT2D eigenvalue weighted by Gasteiger charge is 2.41.